The third-order valence-corrected chi connectivity index (χ3v) is 8.26. The number of rotatable bonds is 11. The van der Waals surface area contributed by atoms with Crippen molar-refractivity contribution in [2.75, 3.05) is 32.8 Å². The molecule has 0 unspecified atom stereocenters. The number of ether oxygens (including phenoxy) is 1. The minimum Gasteiger partial charge on any atom is -0.381 e. The molecule has 0 spiro atoms. The van der Waals surface area contributed by atoms with E-state index in [1.807, 2.05) is 24.1 Å². The second-order valence-electron chi connectivity index (χ2n) is 9.89. The summed E-state index contributed by atoms with van der Waals surface area (Å²) in [4.78, 5) is 15.6. The number of likely N-dealkylation sites (tertiary alicyclic amines) is 1. The number of carbonyl (C=O) groups excluding carboxylic acids is 1. The van der Waals surface area contributed by atoms with Crippen molar-refractivity contribution >= 4 is 17.9 Å². The van der Waals surface area contributed by atoms with Gasteiger partial charge >= 0.3 is 0 Å². The molecule has 0 bridgehead atoms. The van der Waals surface area contributed by atoms with Crippen molar-refractivity contribution in [1.82, 2.24) is 14.9 Å². The first-order chi connectivity index (χ1) is 15.7. The van der Waals surface area contributed by atoms with E-state index in [0.29, 0.717) is 17.9 Å². The molecule has 1 saturated heterocycles. The van der Waals surface area contributed by atoms with E-state index in [-0.39, 0.29) is 5.91 Å². The van der Waals surface area contributed by atoms with Gasteiger partial charge in [0.1, 0.15) is 0 Å². The lowest BCUT2D eigenvalue weighted by atomic mass is 9.83. The Morgan fingerprint density at radius 2 is 1.91 bits per heavy atom. The molecule has 178 valence electrons. The van der Waals surface area contributed by atoms with Gasteiger partial charge in [-0.2, -0.15) is 0 Å². The lowest BCUT2D eigenvalue weighted by Crippen LogP contribution is -2.48. The van der Waals surface area contributed by atoms with Crippen LogP contribution in [0.1, 0.15) is 74.2 Å². The molecule has 32 heavy (non-hydrogen) atoms. The van der Waals surface area contributed by atoms with Gasteiger partial charge in [-0.25, -0.2) is 0 Å². The van der Waals surface area contributed by atoms with Crippen LogP contribution in [0.5, 0.6) is 0 Å². The first-order valence-electron chi connectivity index (χ1n) is 12.8. The molecule has 1 aliphatic heterocycles. The van der Waals surface area contributed by atoms with Crippen LogP contribution >= 0.6 is 11.9 Å². The molecule has 3 aliphatic rings. The van der Waals surface area contributed by atoms with Crippen molar-refractivity contribution < 1.29 is 9.53 Å². The molecule has 3 fully saturated rings. The zero-order chi connectivity index (χ0) is 22.2. The Labute approximate surface area is 198 Å². The van der Waals surface area contributed by atoms with E-state index in [2.05, 4.69) is 34.0 Å². The van der Waals surface area contributed by atoms with Crippen LogP contribution < -0.4 is 10.0 Å². The standard InChI is InChI=1S/C26H41N3O2S/c1-2-31-19-21-6-5-15-29(17-21)18-23-7-3-4-8-25(23)28-26(30)22-11-9-20(10-12-22)16-27-32-24-13-14-24/h9-12,21,23-25,27H,2-8,13-19H2,1H3,(H,28,30)/t21-,23-,25+/m1/s1. The van der Waals surface area contributed by atoms with Crippen LogP contribution in [0.2, 0.25) is 0 Å². The Bertz CT molecular complexity index is 710. The molecule has 2 aliphatic carbocycles. The summed E-state index contributed by atoms with van der Waals surface area (Å²) in [5.41, 5.74) is 2.01. The molecule has 1 aromatic rings. The zero-order valence-corrected chi connectivity index (χ0v) is 20.5. The Morgan fingerprint density at radius 3 is 2.69 bits per heavy atom. The minimum atomic E-state index is 0.0848. The van der Waals surface area contributed by atoms with E-state index in [0.717, 1.165) is 50.1 Å². The Hall–Kier alpha value is -1.08. The highest BCUT2D eigenvalue weighted by molar-refractivity contribution is 7.98. The van der Waals surface area contributed by atoms with Crippen molar-refractivity contribution in [2.45, 2.75) is 76.1 Å². The predicted molar refractivity (Wildman–Crippen MR) is 133 cm³/mol. The fourth-order valence-corrected chi connectivity index (χ4v) is 6.00. The van der Waals surface area contributed by atoms with E-state index in [4.69, 9.17) is 4.74 Å². The smallest absolute Gasteiger partial charge is 0.251 e. The molecule has 4 rings (SSSR count). The number of benzene rings is 1. The maximum atomic E-state index is 13.0. The molecule has 0 radical (unpaired) electrons. The average molecular weight is 460 g/mol. The van der Waals surface area contributed by atoms with Gasteiger partial charge in [-0.1, -0.05) is 36.9 Å². The van der Waals surface area contributed by atoms with E-state index in [1.165, 1.54) is 57.1 Å². The van der Waals surface area contributed by atoms with Gasteiger partial charge in [0.25, 0.3) is 5.91 Å². The molecule has 0 aromatic heterocycles. The summed E-state index contributed by atoms with van der Waals surface area (Å²) in [7, 11) is 0. The SMILES string of the molecule is CCOC[C@@H]1CCCN(C[C@H]2CCCC[C@@H]2NC(=O)c2ccc(CNSC3CC3)cc2)C1. The van der Waals surface area contributed by atoms with Gasteiger partial charge in [0.15, 0.2) is 0 Å². The van der Waals surface area contributed by atoms with E-state index in [1.54, 1.807) is 0 Å². The number of hydrogen-bond donors (Lipinski definition) is 2. The van der Waals surface area contributed by atoms with Gasteiger partial charge in [0, 0.05) is 43.1 Å². The summed E-state index contributed by atoms with van der Waals surface area (Å²) in [6, 6.07) is 8.42. The maximum Gasteiger partial charge on any atom is 0.251 e. The van der Waals surface area contributed by atoms with Gasteiger partial charge in [0.05, 0.1) is 6.61 Å². The molecule has 6 heteroatoms. The van der Waals surface area contributed by atoms with Crippen LogP contribution in [-0.2, 0) is 11.3 Å². The second kappa shape index (κ2) is 12.4. The first-order valence-corrected chi connectivity index (χ1v) is 13.7. The number of hydrogen-bond acceptors (Lipinski definition) is 5. The van der Waals surface area contributed by atoms with Crippen molar-refractivity contribution in [1.29, 1.82) is 0 Å². The van der Waals surface area contributed by atoms with Crippen LogP contribution in [-0.4, -0.2) is 54.9 Å². The highest BCUT2D eigenvalue weighted by Gasteiger charge is 2.30. The van der Waals surface area contributed by atoms with Crippen LogP contribution in [0.3, 0.4) is 0 Å². The topological polar surface area (TPSA) is 53.6 Å². The van der Waals surface area contributed by atoms with Crippen molar-refractivity contribution in [3.63, 3.8) is 0 Å². The monoisotopic (exact) mass is 459 g/mol. The largest absolute Gasteiger partial charge is 0.381 e. The zero-order valence-electron chi connectivity index (χ0n) is 19.7. The average Bonchev–Trinajstić information content (AvgIpc) is 3.64. The van der Waals surface area contributed by atoms with Crippen molar-refractivity contribution in [2.24, 2.45) is 11.8 Å². The van der Waals surface area contributed by atoms with Gasteiger partial charge < -0.3 is 15.0 Å². The summed E-state index contributed by atoms with van der Waals surface area (Å²) in [6.07, 6.45) is 10.1. The maximum absolute atomic E-state index is 13.0. The molecule has 1 amide bonds. The fourth-order valence-electron chi connectivity index (χ4n) is 5.14. The van der Waals surface area contributed by atoms with Crippen LogP contribution in [0.15, 0.2) is 24.3 Å². The van der Waals surface area contributed by atoms with E-state index in [9.17, 15) is 4.79 Å². The molecule has 2 N–H and O–H groups in total. The lowest BCUT2D eigenvalue weighted by molar-refractivity contribution is 0.0548. The van der Waals surface area contributed by atoms with E-state index >= 15 is 0 Å². The lowest BCUT2D eigenvalue weighted by Gasteiger charge is -2.39. The molecule has 1 heterocycles. The molecule has 2 saturated carbocycles. The van der Waals surface area contributed by atoms with Crippen LogP contribution in [0.4, 0.5) is 0 Å². The molecule has 3 atom stereocenters. The van der Waals surface area contributed by atoms with Gasteiger partial charge in [0.2, 0.25) is 0 Å². The summed E-state index contributed by atoms with van der Waals surface area (Å²) in [6.45, 7) is 8.08. The van der Waals surface area contributed by atoms with Crippen LogP contribution in [0, 0.1) is 11.8 Å². The highest BCUT2D eigenvalue weighted by Crippen LogP contribution is 2.32. The number of amides is 1. The third kappa shape index (κ3) is 7.47. The van der Waals surface area contributed by atoms with Crippen LogP contribution in [0.25, 0.3) is 0 Å². The first kappa shape index (κ1) is 24.1. The van der Waals surface area contributed by atoms with Gasteiger partial charge in [-0.3, -0.25) is 9.52 Å². The quantitative estimate of drug-likeness (QED) is 0.473. The predicted octanol–water partition coefficient (Wildman–Crippen LogP) is 4.62. The molecular weight excluding hydrogens is 418 g/mol. The Kier molecular flexibility index (Phi) is 9.32. The minimum absolute atomic E-state index is 0.0848. The second-order valence-corrected chi connectivity index (χ2v) is 11.1. The van der Waals surface area contributed by atoms with Crippen molar-refractivity contribution in [3.8, 4) is 0 Å². The Morgan fingerprint density at radius 1 is 1.09 bits per heavy atom. The summed E-state index contributed by atoms with van der Waals surface area (Å²) in [5.74, 6) is 1.30. The normalized spacial score (nSPS) is 26.7. The Balaban J connectivity index is 1.26. The highest BCUT2D eigenvalue weighted by atomic mass is 32.2. The van der Waals surface area contributed by atoms with Crippen molar-refractivity contribution in [3.05, 3.63) is 35.4 Å². The summed E-state index contributed by atoms with van der Waals surface area (Å²) < 4.78 is 9.13. The van der Waals surface area contributed by atoms with E-state index < -0.39 is 0 Å². The third-order valence-electron chi connectivity index (χ3n) is 7.15. The summed E-state index contributed by atoms with van der Waals surface area (Å²) >= 11 is 1.85. The molecular formula is C26H41N3O2S. The molecule has 1 aromatic carbocycles. The number of carbonyl (C=O) groups is 1. The van der Waals surface area contributed by atoms with Gasteiger partial charge in [-0.15, -0.1) is 0 Å². The number of nitrogens with one attached hydrogen (secondary N) is 2. The number of piperidine rings is 1. The fraction of sp³-hybridized carbons (Fsp3) is 0.731. The van der Waals surface area contributed by atoms with Gasteiger partial charge in [-0.05, 0) is 81.5 Å². The summed E-state index contributed by atoms with van der Waals surface area (Å²) in [5, 5.41) is 4.21. The molecule has 5 nitrogen and oxygen atoms in total. The number of nitrogens with zero attached hydrogens (tertiary/aromatic N) is 1.